The van der Waals surface area contributed by atoms with E-state index >= 15 is 0 Å². The molecule has 5 rings (SSSR count). The number of aromatic amines is 1. The van der Waals surface area contributed by atoms with Gasteiger partial charge in [-0.15, -0.1) is 0 Å². The van der Waals surface area contributed by atoms with Crippen LogP contribution in [0.5, 0.6) is 5.75 Å². The van der Waals surface area contributed by atoms with Crippen LogP contribution in [0.25, 0.3) is 22.0 Å². The van der Waals surface area contributed by atoms with E-state index in [1.807, 2.05) is 42.5 Å². The molecule has 0 saturated carbocycles. The van der Waals surface area contributed by atoms with Gasteiger partial charge in [-0.25, -0.2) is 10.2 Å². The first-order valence-corrected chi connectivity index (χ1v) is 13.8. The number of hydrogen-bond acceptors (Lipinski definition) is 4. The minimum absolute atomic E-state index is 0.212. The van der Waals surface area contributed by atoms with Crippen LogP contribution in [0.4, 0.5) is 0 Å². The van der Waals surface area contributed by atoms with Gasteiger partial charge in [-0.2, -0.15) is 5.10 Å². The lowest BCUT2D eigenvalue weighted by molar-refractivity contribution is 0.0733. The Labute approximate surface area is 250 Å². The Hall–Kier alpha value is -3.43. The Morgan fingerprint density at radius 2 is 1.59 bits per heavy atom. The average molecular weight is 686 g/mol. The van der Waals surface area contributed by atoms with E-state index < -0.39 is 11.9 Å². The van der Waals surface area contributed by atoms with Gasteiger partial charge >= 0.3 is 5.97 Å². The molecule has 0 radical (unpaired) electrons. The van der Waals surface area contributed by atoms with Gasteiger partial charge in [0.2, 0.25) is 0 Å². The Bertz CT molecular complexity index is 1770. The van der Waals surface area contributed by atoms with Crippen molar-refractivity contribution >= 4 is 84.1 Å². The Morgan fingerprint density at radius 3 is 2.36 bits per heavy atom. The molecular formula is C29H17Br2Cl2N3O3. The maximum atomic E-state index is 13.3. The number of carbonyl (C=O) groups is 2. The SMILES string of the molecule is O=C(Oc1c(Br)cc(Br)cc1C=NNC(=O)c1[nH]c2ccccc2c1-c1ccccc1Cl)c1ccccc1Cl. The van der Waals surface area contributed by atoms with Crippen molar-refractivity contribution in [1.29, 1.82) is 0 Å². The monoisotopic (exact) mass is 683 g/mol. The molecule has 39 heavy (non-hydrogen) atoms. The van der Waals surface area contributed by atoms with Crippen LogP contribution in [0.3, 0.4) is 0 Å². The number of hydrogen-bond donors (Lipinski definition) is 2. The number of para-hydroxylation sites is 1. The number of fused-ring (bicyclic) bond motifs is 1. The lowest BCUT2D eigenvalue weighted by atomic mass is 10.0. The first-order chi connectivity index (χ1) is 18.8. The maximum Gasteiger partial charge on any atom is 0.345 e. The van der Waals surface area contributed by atoms with Crippen molar-refractivity contribution in [3.8, 4) is 16.9 Å². The molecule has 5 aromatic rings. The molecule has 0 atom stereocenters. The highest BCUT2D eigenvalue weighted by Gasteiger charge is 2.21. The van der Waals surface area contributed by atoms with Gasteiger partial charge in [0.25, 0.3) is 5.91 Å². The molecule has 6 nitrogen and oxygen atoms in total. The summed E-state index contributed by atoms with van der Waals surface area (Å²) in [5.74, 6) is -0.894. The van der Waals surface area contributed by atoms with Gasteiger partial charge in [0.05, 0.1) is 21.3 Å². The van der Waals surface area contributed by atoms with Crippen molar-refractivity contribution in [2.45, 2.75) is 0 Å². The molecule has 2 N–H and O–H groups in total. The van der Waals surface area contributed by atoms with Crippen LogP contribution in [-0.4, -0.2) is 23.1 Å². The zero-order valence-electron chi connectivity index (χ0n) is 19.8. The number of nitrogens with one attached hydrogen (secondary N) is 2. The molecule has 1 heterocycles. The smallest absolute Gasteiger partial charge is 0.345 e. The summed E-state index contributed by atoms with van der Waals surface area (Å²) in [5, 5.41) is 5.79. The third kappa shape index (κ3) is 5.79. The fourth-order valence-corrected chi connectivity index (χ4v) is 5.81. The molecule has 0 aliphatic rings. The summed E-state index contributed by atoms with van der Waals surface area (Å²) in [5.41, 5.74) is 5.69. The van der Waals surface area contributed by atoms with Crippen molar-refractivity contribution in [1.82, 2.24) is 10.4 Å². The number of ether oxygens (including phenoxy) is 1. The van der Waals surface area contributed by atoms with E-state index in [0.717, 1.165) is 16.5 Å². The summed E-state index contributed by atoms with van der Waals surface area (Å²) in [6.07, 6.45) is 1.39. The highest BCUT2D eigenvalue weighted by Crippen LogP contribution is 2.37. The largest absolute Gasteiger partial charge is 0.421 e. The topological polar surface area (TPSA) is 83.5 Å². The molecule has 0 bridgehead atoms. The summed E-state index contributed by atoms with van der Waals surface area (Å²) in [6.45, 7) is 0. The second kappa shape index (κ2) is 11.8. The molecule has 10 heteroatoms. The number of rotatable bonds is 6. The molecule has 0 aliphatic carbocycles. The van der Waals surface area contributed by atoms with Crippen LogP contribution in [0, 0.1) is 0 Å². The predicted molar refractivity (Wildman–Crippen MR) is 162 cm³/mol. The maximum absolute atomic E-state index is 13.3. The number of carbonyl (C=O) groups excluding carboxylic acids is 2. The first-order valence-electron chi connectivity index (χ1n) is 11.5. The van der Waals surface area contributed by atoms with Gasteiger partial charge in [0, 0.05) is 37.1 Å². The normalized spacial score (nSPS) is 11.2. The fraction of sp³-hybridized carbons (Fsp3) is 0. The number of benzene rings is 4. The van der Waals surface area contributed by atoms with Crippen LogP contribution in [0.2, 0.25) is 10.0 Å². The Balaban J connectivity index is 1.45. The van der Waals surface area contributed by atoms with E-state index in [1.54, 1.807) is 42.5 Å². The summed E-state index contributed by atoms with van der Waals surface area (Å²) >= 11 is 19.5. The fourth-order valence-electron chi connectivity index (χ4n) is 4.03. The minimum Gasteiger partial charge on any atom is -0.421 e. The molecule has 0 unspecified atom stereocenters. The van der Waals surface area contributed by atoms with Crippen LogP contribution in [-0.2, 0) is 0 Å². The van der Waals surface area contributed by atoms with Gasteiger partial charge in [-0.05, 0) is 52.3 Å². The quantitative estimate of drug-likeness (QED) is 0.0812. The van der Waals surface area contributed by atoms with E-state index in [9.17, 15) is 9.59 Å². The average Bonchev–Trinajstić information content (AvgIpc) is 3.30. The highest BCUT2D eigenvalue weighted by atomic mass is 79.9. The predicted octanol–water partition coefficient (Wildman–Crippen LogP) is 8.65. The second-order valence-electron chi connectivity index (χ2n) is 8.27. The number of amides is 1. The van der Waals surface area contributed by atoms with E-state index in [2.05, 4.69) is 47.4 Å². The second-order valence-corrected chi connectivity index (χ2v) is 10.9. The van der Waals surface area contributed by atoms with Gasteiger partial charge in [-0.3, -0.25) is 4.79 Å². The van der Waals surface area contributed by atoms with Crippen molar-refractivity contribution in [3.05, 3.63) is 121 Å². The van der Waals surface area contributed by atoms with Crippen LogP contribution >= 0.6 is 55.1 Å². The summed E-state index contributed by atoms with van der Waals surface area (Å²) in [4.78, 5) is 29.3. The van der Waals surface area contributed by atoms with E-state index in [0.29, 0.717) is 30.8 Å². The lowest BCUT2D eigenvalue weighted by Gasteiger charge is -2.11. The van der Waals surface area contributed by atoms with Crippen molar-refractivity contribution in [3.63, 3.8) is 0 Å². The van der Waals surface area contributed by atoms with Gasteiger partial charge in [-0.1, -0.05) is 87.7 Å². The molecule has 1 aromatic heterocycles. The molecule has 4 aromatic carbocycles. The van der Waals surface area contributed by atoms with Crippen LogP contribution < -0.4 is 10.2 Å². The van der Waals surface area contributed by atoms with Crippen molar-refractivity contribution < 1.29 is 14.3 Å². The molecule has 1 amide bonds. The molecule has 0 fully saturated rings. The highest BCUT2D eigenvalue weighted by molar-refractivity contribution is 9.11. The summed E-state index contributed by atoms with van der Waals surface area (Å²) < 4.78 is 6.86. The number of hydrazone groups is 1. The summed E-state index contributed by atoms with van der Waals surface area (Å²) in [7, 11) is 0. The number of esters is 1. The third-order valence-corrected chi connectivity index (χ3v) is 7.48. The van der Waals surface area contributed by atoms with Crippen LogP contribution in [0.1, 0.15) is 26.4 Å². The van der Waals surface area contributed by atoms with E-state index in [4.69, 9.17) is 27.9 Å². The molecule has 0 saturated heterocycles. The Kier molecular flexibility index (Phi) is 8.18. The zero-order valence-corrected chi connectivity index (χ0v) is 24.5. The van der Waals surface area contributed by atoms with Crippen LogP contribution in [0.15, 0.2) is 99.0 Å². The van der Waals surface area contributed by atoms with E-state index in [1.165, 1.54) is 6.21 Å². The third-order valence-electron chi connectivity index (χ3n) is 5.77. The Morgan fingerprint density at radius 1 is 0.897 bits per heavy atom. The number of halogens is 4. The molecule has 0 spiro atoms. The van der Waals surface area contributed by atoms with Gasteiger partial charge < -0.3 is 9.72 Å². The number of H-pyrrole nitrogens is 1. The van der Waals surface area contributed by atoms with Gasteiger partial charge in [0.1, 0.15) is 5.69 Å². The summed E-state index contributed by atoms with van der Waals surface area (Å²) in [6, 6.07) is 24.9. The standard InChI is InChI=1S/C29H17Br2Cl2N3O3/c30-17-13-16(27(21(31)14-17)39-29(38)19-8-2-5-11-23(19)33)15-34-36-28(37)26-25(18-7-1-4-10-22(18)32)20-9-3-6-12-24(20)35-26/h1-15,35H,(H,36,37). The number of aromatic nitrogens is 1. The molecule has 194 valence electrons. The first kappa shape index (κ1) is 27.1. The van der Waals surface area contributed by atoms with E-state index in [-0.39, 0.29) is 16.3 Å². The van der Waals surface area contributed by atoms with Crippen molar-refractivity contribution in [2.24, 2.45) is 5.10 Å². The molecule has 0 aliphatic heterocycles. The van der Waals surface area contributed by atoms with Gasteiger partial charge in [0.15, 0.2) is 5.75 Å². The zero-order chi connectivity index (χ0) is 27.5. The van der Waals surface area contributed by atoms with Crippen molar-refractivity contribution in [2.75, 3.05) is 0 Å². The minimum atomic E-state index is -0.634. The lowest BCUT2D eigenvalue weighted by Crippen LogP contribution is -2.19. The number of nitrogens with zero attached hydrogens (tertiary/aromatic N) is 1. The molecular weight excluding hydrogens is 669 g/mol.